The van der Waals surface area contributed by atoms with Gasteiger partial charge in [-0.1, -0.05) is 18.2 Å². The summed E-state index contributed by atoms with van der Waals surface area (Å²) in [6, 6.07) is 12.1. The molecule has 1 atom stereocenters. The summed E-state index contributed by atoms with van der Waals surface area (Å²) in [5.74, 6) is 0.695. The van der Waals surface area contributed by atoms with Gasteiger partial charge in [-0.3, -0.25) is 4.68 Å². The van der Waals surface area contributed by atoms with Gasteiger partial charge in [-0.2, -0.15) is 5.10 Å². The lowest BCUT2D eigenvalue weighted by molar-refractivity contribution is 0.198. The molecule has 2 aromatic rings. The zero-order valence-electron chi connectivity index (χ0n) is 9.78. The number of nitrogens with zero attached hydrogens (tertiary/aromatic N) is 2. The van der Waals surface area contributed by atoms with Crippen LogP contribution >= 0.6 is 11.8 Å². The number of rotatable bonds is 5. The van der Waals surface area contributed by atoms with Crippen LogP contribution in [0.3, 0.4) is 0 Å². The van der Waals surface area contributed by atoms with Crippen molar-refractivity contribution in [3.63, 3.8) is 0 Å². The van der Waals surface area contributed by atoms with Crippen molar-refractivity contribution in [3.8, 4) is 0 Å². The summed E-state index contributed by atoms with van der Waals surface area (Å²) in [6.07, 6.45) is 2.16. The minimum atomic E-state index is -0.352. The third-order valence-corrected chi connectivity index (χ3v) is 3.56. The Labute approximate surface area is 105 Å². The molecule has 17 heavy (non-hydrogen) atoms. The Kier molecular flexibility index (Phi) is 4.23. The average molecular weight is 248 g/mol. The van der Waals surface area contributed by atoms with Crippen LogP contribution in [0.2, 0.25) is 0 Å². The Balaban J connectivity index is 1.80. The number of benzene rings is 1. The number of aryl methyl sites for hydroxylation is 1. The van der Waals surface area contributed by atoms with Crippen LogP contribution < -0.4 is 0 Å². The van der Waals surface area contributed by atoms with Crippen molar-refractivity contribution in [2.24, 2.45) is 7.05 Å². The molecule has 1 unspecified atom stereocenters. The van der Waals surface area contributed by atoms with E-state index in [0.29, 0.717) is 12.2 Å². The maximum Gasteiger partial charge on any atom is 0.0690 e. The van der Waals surface area contributed by atoms with Crippen LogP contribution in [-0.2, 0) is 13.5 Å². The summed E-state index contributed by atoms with van der Waals surface area (Å²) in [5.41, 5.74) is 0.939. The number of thioether (sulfide) groups is 1. The van der Waals surface area contributed by atoms with Gasteiger partial charge in [-0.15, -0.1) is 11.8 Å². The fraction of sp³-hybridized carbons (Fsp3) is 0.308. The molecule has 0 bridgehead atoms. The van der Waals surface area contributed by atoms with Crippen molar-refractivity contribution in [2.45, 2.75) is 17.4 Å². The van der Waals surface area contributed by atoms with Gasteiger partial charge in [-0.05, 0) is 18.2 Å². The molecular weight excluding hydrogens is 232 g/mol. The van der Waals surface area contributed by atoms with Crippen molar-refractivity contribution >= 4 is 11.8 Å². The van der Waals surface area contributed by atoms with E-state index in [0.717, 1.165) is 5.69 Å². The van der Waals surface area contributed by atoms with Crippen LogP contribution in [-0.4, -0.2) is 26.7 Å². The highest BCUT2D eigenvalue weighted by atomic mass is 32.2. The molecule has 3 nitrogen and oxygen atoms in total. The largest absolute Gasteiger partial charge is 0.392 e. The fourth-order valence-electron chi connectivity index (χ4n) is 1.58. The molecule has 1 N–H and O–H groups in total. The zero-order valence-corrected chi connectivity index (χ0v) is 10.6. The summed E-state index contributed by atoms with van der Waals surface area (Å²) in [7, 11) is 1.88. The smallest absolute Gasteiger partial charge is 0.0690 e. The molecule has 0 aliphatic carbocycles. The van der Waals surface area contributed by atoms with E-state index in [-0.39, 0.29) is 6.10 Å². The van der Waals surface area contributed by atoms with Crippen LogP contribution in [0.5, 0.6) is 0 Å². The van der Waals surface area contributed by atoms with E-state index >= 15 is 0 Å². The Hall–Kier alpha value is -1.26. The van der Waals surface area contributed by atoms with Gasteiger partial charge in [0.25, 0.3) is 0 Å². The molecule has 90 valence electrons. The summed E-state index contributed by atoms with van der Waals surface area (Å²) in [5, 5.41) is 14.2. The second-order valence-electron chi connectivity index (χ2n) is 3.96. The van der Waals surface area contributed by atoms with Gasteiger partial charge in [0.1, 0.15) is 0 Å². The maximum absolute atomic E-state index is 9.90. The lowest BCUT2D eigenvalue weighted by Gasteiger charge is -2.08. The molecule has 0 aliphatic rings. The molecule has 0 fully saturated rings. The minimum Gasteiger partial charge on any atom is -0.392 e. The van der Waals surface area contributed by atoms with Gasteiger partial charge in [0.05, 0.1) is 11.8 Å². The molecule has 0 spiro atoms. The SMILES string of the molecule is Cn1ccc(CC(O)CSc2ccccc2)n1. The number of hydrogen-bond acceptors (Lipinski definition) is 3. The Morgan fingerprint density at radius 2 is 2.06 bits per heavy atom. The zero-order chi connectivity index (χ0) is 12.1. The predicted octanol–water partition coefficient (Wildman–Crippen LogP) is 2.12. The highest BCUT2D eigenvalue weighted by Gasteiger charge is 2.08. The monoisotopic (exact) mass is 248 g/mol. The highest BCUT2D eigenvalue weighted by Crippen LogP contribution is 2.18. The summed E-state index contributed by atoms with van der Waals surface area (Å²) in [6.45, 7) is 0. The Morgan fingerprint density at radius 3 is 2.71 bits per heavy atom. The standard InChI is InChI=1S/C13H16N2OS/c1-15-8-7-11(14-15)9-12(16)10-17-13-5-3-2-4-6-13/h2-8,12,16H,9-10H2,1H3. The van der Waals surface area contributed by atoms with Crippen molar-refractivity contribution < 1.29 is 5.11 Å². The van der Waals surface area contributed by atoms with Crippen LogP contribution in [0.15, 0.2) is 47.5 Å². The van der Waals surface area contributed by atoms with Gasteiger partial charge in [0.15, 0.2) is 0 Å². The van der Waals surface area contributed by atoms with Gasteiger partial charge in [0, 0.05) is 30.3 Å². The first-order valence-corrected chi connectivity index (χ1v) is 6.57. The van der Waals surface area contributed by atoms with E-state index in [1.807, 2.05) is 37.5 Å². The molecule has 1 aromatic carbocycles. The summed E-state index contributed by atoms with van der Waals surface area (Å²) >= 11 is 1.67. The van der Waals surface area contributed by atoms with E-state index < -0.39 is 0 Å². The van der Waals surface area contributed by atoms with Crippen LogP contribution in [0.1, 0.15) is 5.69 Å². The summed E-state index contributed by atoms with van der Waals surface area (Å²) < 4.78 is 1.76. The van der Waals surface area contributed by atoms with E-state index in [1.165, 1.54) is 4.90 Å². The van der Waals surface area contributed by atoms with E-state index in [1.54, 1.807) is 16.4 Å². The third kappa shape index (κ3) is 3.91. The van der Waals surface area contributed by atoms with Gasteiger partial charge in [0.2, 0.25) is 0 Å². The lowest BCUT2D eigenvalue weighted by atomic mass is 10.2. The fourth-order valence-corrected chi connectivity index (χ4v) is 2.43. The molecule has 4 heteroatoms. The molecule has 0 saturated carbocycles. The number of aliphatic hydroxyl groups excluding tert-OH is 1. The van der Waals surface area contributed by atoms with Gasteiger partial charge in [-0.25, -0.2) is 0 Å². The Bertz CT molecular complexity index is 455. The van der Waals surface area contributed by atoms with Crippen LogP contribution in [0.25, 0.3) is 0 Å². The first kappa shape index (κ1) is 12.2. The number of aliphatic hydroxyl groups is 1. The highest BCUT2D eigenvalue weighted by molar-refractivity contribution is 7.99. The van der Waals surface area contributed by atoms with E-state index in [4.69, 9.17) is 0 Å². The number of hydrogen-bond donors (Lipinski definition) is 1. The normalized spacial score (nSPS) is 12.6. The molecule has 1 aromatic heterocycles. The van der Waals surface area contributed by atoms with Crippen molar-refractivity contribution in [2.75, 3.05) is 5.75 Å². The molecule has 0 amide bonds. The van der Waals surface area contributed by atoms with Crippen molar-refractivity contribution in [3.05, 3.63) is 48.3 Å². The predicted molar refractivity (Wildman–Crippen MR) is 70.1 cm³/mol. The van der Waals surface area contributed by atoms with E-state index in [2.05, 4.69) is 17.2 Å². The molecule has 1 heterocycles. The molecule has 0 aliphatic heterocycles. The third-order valence-electron chi connectivity index (χ3n) is 2.40. The van der Waals surface area contributed by atoms with Crippen molar-refractivity contribution in [1.82, 2.24) is 9.78 Å². The second-order valence-corrected chi connectivity index (χ2v) is 5.06. The van der Waals surface area contributed by atoms with E-state index in [9.17, 15) is 5.11 Å². The maximum atomic E-state index is 9.90. The van der Waals surface area contributed by atoms with Crippen molar-refractivity contribution in [1.29, 1.82) is 0 Å². The second kappa shape index (κ2) is 5.89. The van der Waals surface area contributed by atoms with Crippen LogP contribution in [0.4, 0.5) is 0 Å². The summed E-state index contributed by atoms with van der Waals surface area (Å²) in [4.78, 5) is 1.19. The Morgan fingerprint density at radius 1 is 1.29 bits per heavy atom. The van der Waals surface area contributed by atoms with Gasteiger partial charge >= 0.3 is 0 Å². The topological polar surface area (TPSA) is 38.0 Å². The molecule has 2 rings (SSSR count). The first-order chi connectivity index (χ1) is 8.24. The van der Waals surface area contributed by atoms with Crippen LogP contribution in [0, 0.1) is 0 Å². The lowest BCUT2D eigenvalue weighted by Crippen LogP contribution is -2.14. The minimum absolute atomic E-state index is 0.352. The molecule has 0 radical (unpaired) electrons. The quantitative estimate of drug-likeness (QED) is 0.824. The molecule has 0 saturated heterocycles. The average Bonchev–Trinajstić information content (AvgIpc) is 2.73. The van der Waals surface area contributed by atoms with Gasteiger partial charge < -0.3 is 5.11 Å². The number of aromatic nitrogens is 2. The first-order valence-electron chi connectivity index (χ1n) is 5.58. The molecular formula is C13H16N2OS.